The predicted octanol–water partition coefficient (Wildman–Crippen LogP) is 0.308. The van der Waals surface area contributed by atoms with Crippen molar-refractivity contribution in [2.75, 3.05) is 14.2 Å². The third-order valence-corrected chi connectivity index (χ3v) is 3.08. The largest absolute Gasteiger partial charge is 1.00 e. The summed E-state index contributed by atoms with van der Waals surface area (Å²) in [6.07, 6.45) is -0.614. The molecule has 0 radical (unpaired) electrons. The van der Waals surface area contributed by atoms with E-state index in [2.05, 4.69) is 11.1 Å². The summed E-state index contributed by atoms with van der Waals surface area (Å²) in [5.74, 6) is 0.604. The third-order valence-electron chi connectivity index (χ3n) is 3.08. The van der Waals surface area contributed by atoms with Gasteiger partial charge in [0.2, 0.25) is 0 Å². The monoisotopic (exact) mass is 346 g/mol. The summed E-state index contributed by atoms with van der Waals surface area (Å²) >= 11 is 0. The van der Waals surface area contributed by atoms with Crippen molar-refractivity contribution in [3.63, 3.8) is 0 Å². The second kappa shape index (κ2) is 10.4. The van der Waals surface area contributed by atoms with E-state index < -0.39 is 6.09 Å². The minimum absolute atomic E-state index is 0. The molecule has 0 saturated heterocycles. The van der Waals surface area contributed by atoms with Crippen molar-refractivity contribution in [2.24, 2.45) is 0 Å². The molecule has 0 aromatic carbocycles. The Morgan fingerprint density at radius 3 is 2.00 bits per heavy atom. The molecule has 0 aliphatic rings. The van der Waals surface area contributed by atoms with Crippen LogP contribution < -0.4 is 37.8 Å². The van der Waals surface area contributed by atoms with Crippen LogP contribution in [-0.4, -0.2) is 48.4 Å². The molecule has 1 aromatic rings. The van der Waals surface area contributed by atoms with Crippen LogP contribution in [0, 0.1) is 6.07 Å². The van der Waals surface area contributed by atoms with E-state index in [-0.39, 0.29) is 60.3 Å². The first-order chi connectivity index (χ1) is 11.2. The molecule has 1 aromatic heterocycles. The van der Waals surface area contributed by atoms with Crippen molar-refractivity contribution < 1.29 is 42.6 Å². The predicted molar refractivity (Wildman–Crippen MR) is 90.1 cm³/mol. The molecule has 0 unspecified atom stereocenters. The van der Waals surface area contributed by atoms with Crippen LogP contribution >= 0.6 is 0 Å². The van der Waals surface area contributed by atoms with Crippen LogP contribution in [0.15, 0.2) is 0 Å². The van der Waals surface area contributed by atoms with Crippen molar-refractivity contribution in [3.05, 3.63) is 6.07 Å². The Hall–Kier alpha value is -1.58. The maximum Gasteiger partial charge on any atom is 1.00 e. The van der Waals surface area contributed by atoms with Gasteiger partial charge in [0.25, 0.3) is 0 Å². The molecule has 0 spiro atoms. The summed E-state index contributed by atoms with van der Waals surface area (Å²) in [5, 5.41) is 0. The van der Waals surface area contributed by atoms with Crippen LogP contribution in [0.4, 0.5) is 4.79 Å². The fourth-order valence-corrected chi connectivity index (χ4v) is 2.25. The maximum atomic E-state index is 12.5. The van der Waals surface area contributed by atoms with E-state index in [4.69, 9.17) is 18.9 Å². The summed E-state index contributed by atoms with van der Waals surface area (Å²) in [5.41, 5.74) is 0. The molecule has 0 atom stereocenters. The fraction of sp³-hybridized carbons (Fsp3) is 0.647. The van der Waals surface area contributed by atoms with Gasteiger partial charge in [0, 0.05) is 17.8 Å². The summed E-state index contributed by atoms with van der Waals surface area (Å²) in [4.78, 5) is 18.3. The molecule has 1 heterocycles. The van der Waals surface area contributed by atoms with Crippen LogP contribution in [0.3, 0.4) is 0 Å². The number of pyridine rings is 1. The molecule has 0 aliphatic heterocycles. The molecule has 25 heavy (non-hydrogen) atoms. The van der Waals surface area contributed by atoms with E-state index in [1.165, 1.54) is 14.2 Å². The van der Waals surface area contributed by atoms with Gasteiger partial charge in [-0.15, -0.1) is 6.07 Å². The number of aromatic nitrogens is 1. The fourth-order valence-electron chi connectivity index (χ4n) is 2.25. The molecule has 1 amide bonds. The van der Waals surface area contributed by atoms with Crippen LogP contribution in [0.2, 0.25) is 0 Å². The number of nitrogens with zero attached hydrogens (tertiary/aromatic N) is 2. The molecule has 0 bridgehead atoms. The zero-order chi connectivity index (χ0) is 18.4. The number of rotatable bonds is 7. The number of carbonyl (C=O) groups excluding carboxylic acids is 1. The Kier molecular flexibility index (Phi) is 9.76. The van der Waals surface area contributed by atoms with Crippen molar-refractivity contribution in [3.8, 4) is 23.3 Å². The smallest absolute Gasteiger partial charge is 0.573 e. The summed E-state index contributed by atoms with van der Waals surface area (Å²) in [6.45, 7) is 11.4. The van der Waals surface area contributed by atoms with E-state index >= 15 is 0 Å². The van der Waals surface area contributed by atoms with Gasteiger partial charge in [0.1, 0.15) is 5.88 Å². The molecule has 0 saturated carbocycles. The minimum atomic E-state index is -0.502. The Morgan fingerprint density at radius 2 is 1.60 bits per heavy atom. The number of hydrogen-bond donors (Lipinski definition) is 0. The van der Waals surface area contributed by atoms with Gasteiger partial charge in [0.05, 0.1) is 26.1 Å². The Balaban J connectivity index is 0.00000576. The van der Waals surface area contributed by atoms with Crippen LogP contribution in [-0.2, 0) is 0 Å². The van der Waals surface area contributed by atoms with Gasteiger partial charge < -0.3 is 23.8 Å². The van der Waals surface area contributed by atoms with Gasteiger partial charge in [-0.1, -0.05) is 0 Å². The van der Waals surface area contributed by atoms with Crippen molar-refractivity contribution >= 4 is 6.09 Å². The van der Waals surface area contributed by atoms with Crippen LogP contribution in [0.1, 0.15) is 41.5 Å². The number of amides is 1. The quantitative estimate of drug-likeness (QED) is 0.523. The molecule has 0 fully saturated rings. The first kappa shape index (κ1) is 23.4. The third kappa shape index (κ3) is 6.33. The molecule has 0 aliphatic carbocycles. The second-order valence-electron chi connectivity index (χ2n) is 6.04. The summed E-state index contributed by atoms with van der Waals surface area (Å²) in [7, 11) is 2.89. The van der Waals surface area contributed by atoms with Gasteiger partial charge in [-0.25, -0.2) is 9.78 Å². The molecule has 8 heteroatoms. The van der Waals surface area contributed by atoms with Gasteiger partial charge in [-0.3, -0.25) is 0 Å². The van der Waals surface area contributed by atoms with Gasteiger partial charge in [-0.05, 0) is 41.5 Å². The first-order valence-electron chi connectivity index (χ1n) is 7.93. The SMILES string of the molecule is COc1nc(OC(C)C)[c-]c(OC(=O)N(C(C)C)C(C)C)c1OC.[Li+]. The number of ether oxygens (including phenoxy) is 4. The Morgan fingerprint density at radius 1 is 1.04 bits per heavy atom. The van der Waals surface area contributed by atoms with Crippen molar-refractivity contribution in [1.29, 1.82) is 0 Å². The maximum absolute atomic E-state index is 12.5. The van der Waals surface area contributed by atoms with Crippen LogP contribution in [0.25, 0.3) is 0 Å². The number of methoxy groups -OCH3 is 2. The standard InChI is InChI=1S/C17H27N2O5.Li/c1-10(2)19(11(3)4)17(20)24-13-9-14(23-12(5)6)18-16(22-8)15(13)21-7;/h10-12H,1-8H3;/q-1;+1. The van der Waals surface area contributed by atoms with Gasteiger partial charge in [-0.2, -0.15) is 0 Å². The normalized spacial score (nSPS) is 10.5. The Labute approximate surface area is 162 Å². The van der Waals surface area contributed by atoms with E-state index in [9.17, 15) is 4.79 Å². The summed E-state index contributed by atoms with van der Waals surface area (Å²) < 4.78 is 21.5. The molecular weight excluding hydrogens is 319 g/mol. The van der Waals surface area contributed by atoms with Gasteiger partial charge >= 0.3 is 25.0 Å². The van der Waals surface area contributed by atoms with Crippen LogP contribution in [0.5, 0.6) is 23.3 Å². The molecule has 136 valence electrons. The topological polar surface area (TPSA) is 70.1 Å². The van der Waals surface area contributed by atoms with E-state index in [1.807, 2.05) is 41.5 Å². The molecular formula is C17H27LiN2O5. The first-order valence-corrected chi connectivity index (χ1v) is 7.93. The van der Waals surface area contributed by atoms with Crippen molar-refractivity contribution in [1.82, 2.24) is 9.88 Å². The average molecular weight is 346 g/mol. The van der Waals surface area contributed by atoms with Gasteiger partial charge in [0.15, 0.2) is 5.88 Å². The average Bonchev–Trinajstić information content (AvgIpc) is 2.44. The summed E-state index contributed by atoms with van der Waals surface area (Å²) in [6, 6.07) is 2.80. The molecule has 0 N–H and O–H groups in total. The molecule has 1 rings (SSSR count). The zero-order valence-corrected chi connectivity index (χ0v) is 16.7. The Bertz CT molecular complexity index is 556. The van der Waals surface area contributed by atoms with E-state index in [0.717, 1.165) is 0 Å². The van der Waals surface area contributed by atoms with E-state index in [0.29, 0.717) is 0 Å². The number of carbonyl (C=O) groups is 1. The second-order valence-corrected chi connectivity index (χ2v) is 6.04. The van der Waals surface area contributed by atoms with E-state index in [1.54, 1.807) is 4.90 Å². The minimum Gasteiger partial charge on any atom is -0.573 e. The number of hydrogen-bond acceptors (Lipinski definition) is 6. The molecule has 7 nitrogen and oxygen atoms in total. The van der Waals surface area contributed by atoms with Crippen molar-refractivity contribution in [2.45, 2.75) is 59.7 Å². The zero-order valence-electron chi connectivity index (χ0n) is 16.7.